The molecule has 2 rings (SSSR count). The number of likely N-dealkylation sites (tertiary alicyclic amines) is 1. The second-order valence-electron chi connectivity index (χ2n) is 5.80. The molecule has 1 saturated heterocycles. The average molecular weight is 254 g/mol. The minimum atomic E-state index is -0.514. The quantitative estimate of drug-likeness (QED) is 0.768. The minimum Gasteiger partial charge on any atom is -0.392 e. The molecule has 2 aliphatic rings. The van der Waals surface area contributed by atoms with Crippen molar-refractivity contribution in [3.05, 3.63) is 0 Å². The normalized spacial score (nSPS) is 37.4. The van der Waals surface area contributed by atoms with Crippen LogP contribution >= 0.6 is 12.2 Å². The average Bonchev–Trinajstić information content (AvgIpc) is 2.24. The number of rotatable bonds is 2. The molecule has 2 fully saturated rings. The van der Waals surface area contributed by atoms with Gasteiger partial charge in [0.1, 0.15) is 0 Å². The van der Waals surface area contributed by atoms with E-state index in [0.29, 0.717) is 16.9 Å². The van der Waals surface area contributed by atoms with Gasteiger partial charge in [0.25, 0.3) is 0 Å². The van der Waals surface area contributed by atoms with E-state index in [1.165, 1.54) is 6.42 Å². The number of carbonyl (C=O) groups excluding carboxylic acids is 1. The molecule has 1 atom stereocenters. The van der Waals surface area contributed by atoms with E-state index in [4.69, 9.17) is 18.0 Å². The van der Waals surface area contributed by atoms with Crippen molar-refractivity contribution in [2.45, 2.75) is 52.0 Å². The maximum atomic E-state index is 12.7. The van der Waals surface area contributed by atoms with Gasteiger partial charge in [-0.2, -0.15) is 0 Å². The van der Waals surface area contributed by atoms with Crippen molar-refractivity contribution in [1.82, 2.24) is 4.90 Å². The summed E-state index contributed by atoms with van der Waals surface area (Å²) in [5.41, 5.74) is 5.32. The van der Waals surface area contributed by atoms with E-state index < -0.39 is 5.41 Å². The van der Waals surface area contributed by atoms with Crippen LogP contribution in [0.2, 0.25) is 0 Å². The third kappa shape index (κ3) is 2.07. The zero-order valence-electron chi connectivity index (χ0n) is 10.7. The number of amides is 1. The highest BCUT2D eigenvalue weighted by atomic mass is 32.1. The first kappa shape index (κ1) is 12.8. The molecule has 0 bridgehead atoms. The summed E-state index contributed by atoms with van der Waals surface area (Å²) in [6.45, 7) is 5.16. The molecule has 0 aromatic carbocycles. The Hall–Kier alpha value is -0.640. The van der Waals surface area contributed by atoms with Gasteiger partial charge in [0.2, 0.25) is 5.91 Å². The Labute approximate surface area is 109 Å². The van der Waals surface area contributed by atoms with Crippen LogP contribution < -0.4 is 5.73 Å². The lowest BCUT2D eigenvalue weighted by Crippen LogP contribution is -2.59. The van der Waals surface area contributed by atoms with Crippen molar-refractivity contribution < 1.29 is 4.79 Å². The van der Waals surface area contributed by atoms with Crippen molar-refractivity contribution in [3.63, 3.8) is 0 Å². The molecule has 2 N–H and O–H groups in total. The number of thiocarbonyl (C=S) groups is 1. The molecule has 1 unspecified atom stereocenters. The topological polar surface area (TPSA) is 46.3 Å². The fourth-order valence-corrected chi connectivity index (χ4v) is 3.54. The Balaban J connectivity index is 2.14. The molecule has 0 spiro atoms. The first-order valence-corrected chi connectivity index (χ1v) is 6.99. The van der Waals surface area contributed by atoms with Gasteiger partial charge in [0.05, 0.1) is 10.4 Å². The number of hydrogen-bond donors (Lipinski definition) is 1. The zero-order valence-corrected chi connectivity index (χ0v) is 11.6. The summed E-state index contributed by atoms with van der Waals surface area (Å²) in [7, 11) is 0. The second-order valence-corrected chi connectivity index (χ2v) is 6.24. The van der Waals surface area contributed by atoms with Crippen molar-refractivity contribution >= 4 is 23.1 Å². The molecule has 96 valence electrons. The van der Waals surface area contributed by atoms with Gasteiger partial charge in [-0.05, 0) is 44.9 Å². The molecular formula is C13H22N2OS. The lowest BCUT2D eigenvalue weighted by Gasteiger charge is -2.48. The summed E-state index contributed by atoms with van der Waals surface area (Å²) >= 11 is 5.15. The van der Waals surface area contributed by atoms with Crippen LogP contribution in [0.3, 0.4) is 0 Å². The molecule has 17 heavy (non-hydrogen) atoms. The van der Waals surface area contributed by atoms with Gasteiger partial charge in [-0.15, -0.1) is 0 Å². The highest BCUT2D eigenvalue weighted by Gasteiger charge is 2.53. The van der Waals surface area contributed by atoms with E-state index in [2.05, 4.69) is 13.8 Å². The maximum absolute atomic E-state index is 12.7. The molecule has 1 aliphatic heterocycles. The highest BCUT2D eigenvalue weighted by molar-refractivity contribution is 7.80. The maximum Gasteiger partial charge on any atom is 0.235 e. The van der Waals surface area contributed by atoms with Crippen LogP contribution in [0.25, 0.3) is 0 Å². The van der Waals surface area contributed by atoms with Crippen LogP contribution in [0.5, 0.6) is 0 Å². The van der Waals surface area contributed by atoms with Gasteiger partial charge in [0.15, 0.2) is 0 Å². The fraction of sp³-hybridized carbons (Fsp3) is 0.846. The summed E-state index contributed by atoms with van der Waals surface area (Å²) in [4.78, 5) is 15.1. The van der Waals surface area contributed by atoms with Gasteiger partial charge in [-0.1, -0.05) is 19.1 Å². The van der Waals surface area contributed by atoms with E-state index >= 15 is 0 Å². The van der Waals surface area contributed by atoms with Crippen molar-refractivity contribution in [2.24, 2.45) is 17.1 Å². The van der Waals surface area contributed by atoms with Gasteiger partial charge >= 0.3 is 0 Å². The number of nitrogens with two attached hydrogens (primary N) is 1. The Bertz CT molecular complexity index is 336. The van der Waals surface area contributed by atoms with Crippen LogP contribution in [-0.2, 0) is 4.79 Å². The summed E-state index contributed by atoms with van der Waals surface area (Å²) in [6.07, 6.45) is 5.12. The van der Waals surface area contributed by atoms with Crippen LogP contribution in [0.4, 0.5) is 0 Å². The second kappa shape index (κ2) is 4.56. The molecule has 1 amide bonds. The monoisotopic (exact) mass is 254 g/mol. The molecule has 1 saturated carbocycles. The summed E-state index contributed by atoms with van der Waals surface area (Å²) in [5.74, 6) is 0.760. The van der Waals surface area contributed by atoms with Crippen molar-refractivity contribution in [3.8, 4) is 0 Å². The lowest BCUT2D eigenvalue weighted by molar-refractivity contribution is -0.147. The number of hydrogen-bond acceptors (Lipinski definition) is 2. The number of piperidine rings is 1. The first-order valence-electron chi connectivity index (χ1n) is 6.58. The molecule has 4 heteroatoms. The van der Waals surface area contributed by atoms with Crippen LogP contribution in [0.1, 0.15) is 46.0 Å². The molecule has 0 aromatic rings. The summed E-state index contributed by atoms with van der Waals surface area (Å²) in [6, 6.07) is 0.346. The van der Waals surface area contributed by atoms with E-state index in [-0.39, 0.29) is 5.91 Å². The number of carbonyl (C=O) groups is 1. The van der Waals surface area contributed by atoms with Gasteiger partial charge < -0.3 is 10.6 Å². The van der Waals surface area contributed by atoms with Crippen LogP contribution in [0.15, 0.2) is 0 Å². The lowest BCUT2D eigenvalue weighted by atomic mass is 9.61. The molecular weight excluding hydrogens is 232 g/mol. The zero-order chi connectivity index (χ0) is 12.6. The third-order valence-corrected chi connectivity index (χ3v) is 4.73. The van der Waals surface area contributed by atoms with Crippen molar-refractivity contribution in [2.75, 3.05) is 6.54 Å². The smallest absolute Gasteiger partial charge is 0.235 e. The molecule has 0 radical (unpaired) electrons. The largest absolute Gasteiger partial charge is 0.392 e. The summed E-state index contributed by atoms with van der Waals surface area (Å²) in [5, 5.41) is 0. The SMILES string of the molecule is CC1CC(C(=O)N2CCCCC2C)(C(N)=S)C1. The predicted molar refractivity (Wildman–Crippen MR) is 72.6 cm³/mol. The Morgan fingerprint density at radius 3 is 2.47 bits per heavy atom. The standard InChI is InChI=1S/C13H22N2OS/c1-9-7-13(8-9,11(14)17)12(16)15-6-4-3-5-10(15)2/h9-10H,3-8H2,1-2H3,(H2,14,17). The van der Waals surface area contributed by atoms with Crippen molar-refractivity contribution in [1.29, 1.82) is 0 Å². The van der Waals surface area contributed by atoms with Crippen LogP contribution in [0, 0.1) is 11.3 Å². The molecule has 3 nitrogen and oxygen atoms in total. The molecule has 0 aromatic heterocycles. The van der Waals surface area contributed by atoms with Gasteiger partial charge in [0, 0.05) is 12.6 Å². The first-order chi connectivity index (χ1) is 7.97. The third-order valence-electron chi connectivity index (χ3n) is 4.34. The predicted octanol–water partition coefficient (Wildman–Crippen LogP) is 2.09. The Morgan fingerprint density at radius 1 is 1.35 bits per heavy atom. The van der Waals surface area contributed by atoms with E-state index in [0.717, 1.165) is 32.2 Å². The minimum absolute atomic E-state index is 0.190. The van der Waals surface area contributed by atoms with Gasteiger partial charge in [-0.25, -0.2) is 0 Å². The molecule has 1 aliphatic carbocycles. The van der Waals surface area contributed by atoms with Crippen LogP contribution in [-0.4, -0.2) is 28.4 Å². The fourth-order valence-electron chi connectivity index (χ4n) is 3.29. The Kier molecular flexibility index (Phi) is 3.43. The van der Waals surface area contributed by atoms with Gasteiger partial charge in [-0.3, -0.25) is 4.79 Å². The van der Waals surface area contributed by atoms with E-state index in [9.17, 15) is 4.79 Å². The van der Waals surface area contributed by atoms with E-state index in [1.807, 2.05) is 4.90 Å². The summed E-state index contributed by atoms with van der Waals surface area (Å²) < 4.78 is 0. The number of nitrogens with zero attached hydrogens (tertiary/aromatic N) is 1. The van der Waals surface area contributed by atoms with E-state index in [1.54, 1.807) is 0 Å². The molecule has 1 heterocycles. The highest BCUT2D eigenvalue weighted by Crippen LogP contribution is 2.47. The Morgan fingerprint density at radius 2 is 2.00 bits per heavy atom.